The van der Waals surface area contributed by atoms with Crippen LogP contribution in [0.3, 0.4) is 0 Å². The normalized spacial score (nSPS) is 11.3. The van der Waals surface area contributed by atoms with Gasteiger partial charge in [-0.3, -0.25) is 14.4 Å². The van der Waals surface area contributed by atoms with Gasteiger partial charge in [-0.25, -0.2) is 0 Å². The largest absolute Gasteiger partial charge is 0.352 e. The van der Waals surface area contributed by atoms with Gasteiger partial charge >= 0.3 is 0 Å². The van der Waals surface area contributed by atoms with Crippen molar-refractivity contribution in [1.29, 1.82) is 0 Å². The van der Waals surface area contributed by atoms with Gasteiger partial charge < -0.3 is 63.8 Å². The second-order valence-corrected chi connectivity index (χ2v) is 16.7. The molecule has 0 saturated carbocycles. The van der Waals surface area contributed by atoms with Gasteiger partial charge in [-0.15, -0.1) is 0 Å². The Morgan fingerprint density at radius 3 is 0.603 bits per heavy atom. The van der Waals surface area contributed by atoms with Crippen molar-refractivity contribution in [3.05, 3.63) is 34.9 Å². The van der Waals surface area contributed by atoms with Crippen molar-refractivity contribution in [3.63, 3.8) is 0 Å². The van der Waals surface area contributed by atoms with Crippen LogP contribution in [0.2, 0.25) is 0 Å². The van der Waals surface area contributed by atoms with Crippen molar-refractivity contribution in [2.24, 2.45) is 0 Å². The molecule has 0 fully saturated rings. The zero-order chi connectivity index (χ0) is 45.5. The number of benzene rings is 1. The predicted molar refractivity (Wildman–Crippen MR) is 266 cm³/mol. The first-order valence-corrected chi connectivity index (χ1v) is 25.2. The molecule has 3 amide bonds. The van der Waals surface area contributed by atoms with Crippen LogP contribution in [0.15, 0.2) is 18.2 Å². The van der Waals surface area contributed by atoms with Crippen molar-refractivity contribution < 1.29 is 14.4 Å². The molecule has 0 radical (unpaired) electrons. The van der Waals surface area contributed by atoms with Crippen LogP contribution in [0.25, 0.3) is 0 Å². The van der Waals surface area contributed by atoms with E-state index in [1.165, 1.54) is 38.5 Å². The fraction of sp³-hybridized carbons (Fsp3) is 0.812. The molecule has 15 nitrogen and oxygen atoms in total. The van der Waals surface area contributed by atoms with Crippen LogP contribution >= 0.6 is 0 Å². The molecule has 0 spiro atoms. The smallest absolute Gasteiger partial charge is 0.251 e. The van der Waals surface area contributed by atoms with Crippen LogP contribution in [0.1, 0.15) is 147 Å². The van der Waals surface area contributed by atoms with Gasteiger partial charge in [0.2, 0.25) is 0 Å². The van der Waals surface area contributed by atoms with Gasteiger partial charge in [-0.05, 0) is 253 Å². The predicted octanol–water partition coefficient (Wildman–Crippen LogP) is 3.09. The topological polar surface area (TPSA) is 196 Å². The van der Waals surface area contributed by atoms with Gasteiger partial charge in [0.1, 0.15) is 0 Å². The maximum atomic E-state index is 13.3. The molecule has 0 aliphatic carbocycles. The summed E-state index contributed by atoms with van der Waals surface area (Å²) in [5, 5.41) is 39.6. The monoisotopic (exact) mass is 889 g/mol. The number of amides is 3. The van der Waals surface area contributed by atoms with Gasteiger partial charge in [0.25, 0.3) is 17.7 Å². The molecule has 63 heavy (non-hydrogen) atoms. The van der Waals surface area contributed by atoms with Crippen molar-refractivity contribution in [2.45, 2.75) is 116 Å². The molecule has 1 aromatic rings. The Morgan fingerprint density at radius 2 is 0.429 bits per heavy atom. The Balaban J connectivity index is 2.46. The first-order chi connectivity index (χ1) is 31.0. The van der Waals surface area contributed by atoms with Crippen molar-refractivity contribution in [3.8, 4) is 0 Å². The van der Waals surface area contributed by atoms with Crippen LogP contribution in [-0.4, -0.2) is 157 Å². The molecular formula is C48H96N12O3. The molecule has 0 atom stereocenters. The summed E-state index contributed by atoms with van der Waals surface area (Å²) in [7, 11) is 5.98. The molecule has 0 heterocycles. The number of nitrogens with one attached hydrogen (secondary N) is 12. The average Bonchev–Trinajstić information content (AvgIpc) is 3.29. The van der Waals surface area contributed by atoms with Crippen molar-refractivity contribution >= 4 is 17.7 Å². The van der Waals surface area contributed by atoms with E-state index in [-0.39, 0.29) is 17.7 Å². The Kier molecular flexibility index (Phi) is 42.4. The van der Waals surface area contributed by atoms with E-state index >= 15 is 0 Å². The maximum absolute atomic E-state index is 13.3. The molecule has 15 heteroatoms. The Hall–Kier alpha value is -2.73. The quantitative estimate of drug-likeness (QED) is 0.0429. The number of carbonyl (C=O) groups is 3. The highest BCUT2D eigenvalue weighted by molar-refractivity contribution is 6.04. The first kappa shape index (κ1) is 58.3. The summed E-state index contributed by atoms with van der Waals surface area (Å²) in [6, 6.07) is 4.81. The zero-order valence-electron chi connectivity index (χ0n) is 40.4. The minimum Gasteiger partial charge on any atom is -0.352 e. The van der Waals surface area contributed by atoms with Crippen LogP contribution in [0, 0.1) is 0 Å². The second kappa shape index (κ2) is 45.8. The lowest BCUT2D eigenvalue weighted by Crippen LogP contribution is -2.30. The molecule has 0 unspecified atom stereocenters. The summed E-state index contributed by atoms with van der Waals surface area (Å²) in [5.41, 5.74) is 0.967. The summed E-state index contributed by atoms with van der Waals surface area (Å²) in [4.78, 5) is 40.0. The highest BCUT2D eigenvalue weighted by Crippen LogP contribution is 2.12. The third kappa shape index (κ3) is 37.2. The molecule has 0 saturated heterocycles. The lowest BCUT2D eigenvalue weighted by Gasteiger charge is -2.12. The third-order valence-corrected chi connectivity index (χ3v) is 10.9. The molecule has 0 bridgehead atoms. The van der Waals surface area contributed by atoms with E-state index in [2.05, 4.69) is 63.8 Å². The number of rotatable bonds is 48. The summed E-state index contributed by atoms with van der Waals surface area (Å²) in [6.45, 7) is 16.9. The standard InChI is InChI=1S/C48H96N12O3/c1-49-22-4-7-25-52-28-10-13-31-55-34-16-19-37-58-46(61)43-40-44(47(62)59-38-20-17-35-56-32-14-11-29-53-26-8-5-23-50-2)42-45(41-43)48(63)60-39-21-18-36-57-33-15-12-30-54-27-9-6-24-51-3/h40-42,49-57H,4-39H2,1-3H3,(H,58,61)(H,59,62)(H,60,63). The minimum atomic E-state index is -0.275. The number of unbranched alkanes of at least 4 members (excludes halogenated alkanes) is 9. The average molecular weight is 889 g/mol. The van der Waals surface area contributed by atoms with Crippen LogP contribution in [0.4, 0.5) is 0 Å². The fourth-order valence-corrected chi connectivity index (χ4v) is 6.96. The molecule has 366 valence electrons. The highest BCUT2D eigenvalue weighted by atomic mass is 16.2. The van der Waals surface area contributed by atoms with Crippen molar-refractivity contribution in [2.75, 3.05) is 139 Å². The van der Waals surface area contributed by atoms with E-state index in [1.54, 1.807) is 18.2 Å². The molecule has 1 aromatic carbocycles. The summed E-state index contributed by atoms with van der Waals surface area (Å²) >= 11 is 0. The lowest BCUT2D eigenvalue weighted by molar-refractivity contribution is 0.0952. The van der Waals surface area contributed by atoms with E-state index in [0.29, 0.717) is 36.3 Å². The molecule has 12 N–H and O–H groups in total. The second-order valence-electron chi connectivity index (χ2n) is 16.7. The fourth-order valence-electron chi connectivity index (χ4n) is 6.96. The first-order valence-electron chi connectivity index (χ1n) is 25.2. The highest BCUT2D eigenvalue weighted by Gasteiger charge is 2.16. The molecular weight excluding hydrogens is 793 g/mol. The molecule has 0 aliphatic rings. The van der Waals surface area contributed by atoms with Gasteiger partial charge in [0.15, 0.2) is 0 Å². The van der Waals surface area contributed by atoms with E-state index in [0.717, 1.165) is 175 Å². The SMILES string of the molecule is CNCCCCNCCCCNCCCCNC(=O)c1cc(C(=O)NCCCCNCCCCNCCCCNC)cc(C(=O)NCCCCNCCCCNCCCCNC)c1. The number of hydrogen-bond acceptors (Lipinski definition) is 12. The molecule has 0 aliphatic heterocycles. The Morgan fingerprint density at radius 1 is 0.270 bits per heavy atom. The minimum absolute atomic E-state index is 0.275. The van der Waals surface area contributed by atoms with Crippen molar-refractivity contribution in [1.82, 2.24) is 63.8 Å². The summed E-state index contributed by atoms with van der Waals surface area (Å²) in [6.07, 6.45) is 19.5. The Labute approximate surface area is 384 Å². The van der Waals surface area contributed by atoms with Crippen LogP contribution in [0.5, 0.6) is 0 Å². The van der Waals surface area contributed by atoms with Crippen LogP contribution in [-0.2, 0) is 0 Å². The van der Waals surface area contributed by atoms with Gasteiger partial charge in [-0.1, -0.05) is 0 Å². The number of hydrogen-bond donors (Lipinski definition) is 12. The molecule has 1 rings (SSSR count). The summed E-state index contributed by atoms with van der Waals surface area (Å²) in [5.74, 6) is -0.825. The zero-order valence-corrected chi connectivity index (χ0v) is 40.4. The Bertz CT molecular complexity index is 1060. The molecule has 0 aromatic heterocycles. The van der Waals surface area contributed by atoms with Gasteiger partial charge in [0.05, 0.1) is 0 Å². The maximum Gasteiger partial charge on any atom is 0.251 e. The van der Waals surface area contributed by atoms with Gasteiger partial charge in [-0.2, -0.15) is 0 Å². The van der Waals surface area contributed by atoms with Gasteiger partial charge in [0, 0.05) is 36.3 Å². The third-order valence-electron chi connectivity index (χ3n) is 10.9. The summed E-state index contributed by atoms with van der Waals surface area (Å²) < 4.78 is 0. The number of carbonyl (C=O) groups excluding carboxylic acids is 3. The van der Waals surface area contributed by atoms with E-state index < -0.39 is 0 Å². The van der Waals surface area contributed by atoms with E-state index in [4.69, 9.17) is 0 Å². The van der Waals surface area contributed by atoms with E-state index in [1.807, 2.05) is 21.1 Å². The van der Waals surface area contributed by atoms with E-state index in [9.17, 15) is 14.4 Å². The lowest BCUT2D eigenvalue weighted by atomic mass is 10.0. The van der Waals surface area contributed by atoms with Crippen LogP contribution < -0.4 is 63.8 Å².